The van der Waals surface area contributed by atoms with Crippen LogP contribution in [0.1, 0.15) is 23.6 Å². The normalized spacial score (nSPS) is 12.9. The molecule has 20 heavy (non-hydrogen) atoms. The van der Waals surface area contributed by atoms with Gasteiger partial charge in [-0.15, -0.1) is 0 Å². The lowest BCUT2D eigenvalue weighted by Crippen LogP contribution is -2.33. The van der Waals surface area contributed by atoms with Crippen LogP contribution in [0.5, 0.6) is 0 Å². The number of benzene rings is 1. The van der Waals surface area contributed by atoms with Crippen LogP contribution in [-0.4, -0.2) is 55.0 Å². The van der Waals surface area contributed by atoms with Gasteiger partial charge >= 0.3 is 0 Å². The molecular formula is C15H25FN2O2. The fourth-order valence-corrected chi connectivity index (χ4v) is 2.23. The Bertz CT molecular complexity index is 395. The molecule has 0 fully saturated rings. The van der Waals surface area contributed by atoms with Gasteiger partial charge in [-0.05, 0) is 37.6 Å². The van der Waals surface area contributed by atoms with Gasteiger partial charge in [0.2, 0.25) is 0 Å². The number of aliphatic hydroxyl groups is 2. The molecule has 1 unspecified atom stereocenters. The van der Waals surface area contributed by atoms with Gasteiger partial charge < -0.3 is 15.5 Å². The predicted molar refractivity (Wildman–Crippen MR) is 78.2 cm³/mol. The second kappa shape index (κ2) is 9.02. The summed E-state index contributed by atoms with van der Waals surface area (Å²) < 4.78 is 13.6. The number of halogens is 1. The van der Waals surface area contributed by atoms with Gasteiger partial charge in [-0.3, -0.25) is 4.90 Å². The number of hydrogen-bond acceptors (Lipinski definition) is 4. The third-order valence-electron chi connectivity index (χ3n) is 3.51. The van der Waals surface area contributed by atoms with Crippen LogP contribution in [-0.2, 0) is 0 Å². The molecule has 0 amide bonds. The van der Waals surface area contributed by atoms with Crippen molar-refractivity contribution in [2.24, 2.45) is 0 Å². The first kappa shape index (κ1) is 17.0. The molecule has 1 aromatic rings. The summed E-state index contributed by atoms with van der Waals surface area (Å²) in [7, 11) is 1.85. The SMILES string of the molecule is CNC(CCN(CCO)CCO)c1ccc(C)c(F)c1. The second-order valence-electron chi connectivity index (χ2n) is 4.93. The maximum absolute atomic E-state index is 13.6. The minimum atomic E-state index is -0.190. The minimum Gasteiger partial charge on any atom is -0.395 e. The number of aliphatic hydroxyl groups excluding tert-OH is 2. The lowest BCUT2D eigenvalue weighted by atomic mass is 10.0. The topological polar surface area (TPSA) is 55.7 Å². The van der Waals surface area contributed by atoms with E-state index >= 15 is 0 Å². The third-order valence-corrected chi connectivity index (χ3v) is 3.51. The molecule has 3 N–H and O–H groups in total. The Morgan fingerprint density at radius 1 is 1.20 bits per heavy atom. The summed E-state index contributed by atoms with van der Waals surface area (Å²) in [5.74, 6) is -0.190. The van der Waals surface area contributed by atoms with Gasteiger partial charge in [0.15, 0.2) is 0 Å². The Morgan fingerprint density at radius 2 is 1.85 bits per heavy atom. The summed E-state index contributed by atoms with van der Waals surface area (Å²) in [5.41, 5.74) is 1.56. The van der Waals surface area contributed by atoms with Crippen LogP contribution in [0.25, 0.3) is 0 Å². The molecule has 0 aliphatic carbocycles. The molecule has 0 saturated heterocycles. The largest absolute Gasteiger partial charge is 0.395 e. The minimum absolute atomic E-state index is 0.0602. The molecule has 1 rings (SSSR count). The molecule has 0 saturated carbocycles. The zero-order chi connectivity index (χ0) is 15.0. The number of nitrogens with one attached hydrogen (secondary N) is 1. The fourth-order valence-electron chi connectivity index (χ4n) is 2.23. The molecule has 0 radical (unpaired) electrons. The first-order valence-electron chi connectivity index (χ1n) is 6.99. The van der Waals surface area contributed by atoms with Crippen LogP contribution in [0.2, 0.25) is 0 Å². The highest BCUT2D eigenvalue weighted by molar-refractivity contribution is 5.25. The van der Waals surface area contributed by atoms with Crippen molar-refractivity contribution in [3.8, 4) is 0 Å². The summed E-state index contributed by atoms with van der Waals surface area (Å²) in [5, 5.41) is 21.1. The average molecular weight is 284 g/mol. The lowest BCUT2D eigenvalue weighted by Gasteiger charge is -2.24. The van der Waals surface area contributed by atoms with E-state index in [1.54, 1.807) is 19.1 Å². The molecule has 0 spiro atoms. The molecule has 114 valence electrons. The smallest absolute Gasteiger partial charge is 0.126 e. The highest BCUT2D eigenvalue weighted by Gasteiger charge is 2.13. The van der Waals surface area contributed by atoms with Crippen LogP contribution in [0, 0.1) is 12.7 Å². The molecular weight excluding hydrogens is 259 g/mol. The Kier molecular flexibility index (Phi) is 7.69. The van der Waals surface area contributed by atoms with Crippen molar-refractivity contribution in [1.82, 2.24) is 10.2 Å². The Balaban J connectivity index is 2.63. The van der Waals surface area contributed by atoms with Gasteiger partial charge in [-0.2, -0.15) is 0 Å². The number of nitrogens with zero attached hydrogens (tertiary/aromatic N) is 1. The number of hydrogen-bond donors (Lipinski definition) is 3. The highest BCUT2D eigenvalue weighted by atomic mass is 19.1. The van der Waals surface area contributed by atoms with Crippen molar-refractivity contribution in [3.05, 3.63) is 35.1 Å². The zero-order valence-electron chi connectivity index (χ0n) is 12.3. The molecule has 1 atom stereocenters. The van der Waals surface area contributed by atoms with Gasteiger partial charge in [0.25, 0.3) is 0 Å². The first-order valence-corrected chi connectivity index (χ1v) is 6.99. The van der Waals surface area contributed by atoms with Crippen molar-refractivity contribution >= 4 is 0 Å². The second-order valence-corrected chi connectivity index (χ2v) is 4.93. The van der Waals surface area contributed by atoms with Gasteiger partial charge in [0, 0.05) is 25.7 Å². The van der Waals surface area contributed by atoms with E-state index in [1.165, 1.54) is 0 Å². The van der Waals surface area contributed by atoms with Crippen LogP contribution in [0.3, 0.4) is 0 Å². The summed E-state index contributed by atoms with van der Waals surface area (Å²) in [6, 6.07) is 5.35. The maximum Gasteiger partial charge on any atom is 0.126 e. The van der Waals surface area contributed by atoms with E-state index in [2.05, 4.69) is 5.32 Å². The monoisotopic (exact) mass is 284 g/mol. The third kappa shape index (κ3) is 5.17. The van der Waals surface area contributed by atoms with Gasteiger partial charge in [-0.25, -0.2) is 4.39 Å². The molecule has 0 heterocycles. The predicted octanol–water partition coefficient (Wildman–Crippen LogP) is 1.07. The molecule has 4 nitrogen and oxygen atoms in total. The molecule has 0 aliphatic rings. The molecule has 0 bridgehead atoms. The maximum atomic E-state index is 13.6. The summed E-state index contributed by atoms with van der Waals surface area (Å²) in [4.78, 5) is 1.99. The Hall–Kier alpha value is -1.01. The van der Waals surface area contributed by atoms with Crippen molar-refractivity contribution < 1.29 is 14.6 Å². The summed E-state index contributed by atoms with van der Waals surface area (Å²) in [6.07, 6.45) is 0.791. The summed E-state index contributed by atoms with van der Waals surface area (Å²) >= 11 is 0. The van der Waals surface area contributed by atoms with E-state index in [1.807, 2.05) is 18.0 Å². The fraction of sp³-hybridized carbons (Fsp3) is 0.600. The van der Waals surface area contributed by atoms with E-state index in [0.29, 0.717) is 18.7 Å². The van der Waals surface area contributed by atoms with E-state index < -0.39 is 0 Å². The first-order chi connectivity index (χ1) is 9.62. The lowest BCUT2D eigenvalue weighted by molar-refractivity contribution is 0.156. The van der Waals surface area contributed by atoms with E-state index in [9.17, 15) is 4.39 Å². The van der Waals surface area contributed by atoms with Gasteiger partial charge in [-0.1, -0.05) is 12.1 Å². The van der Waals surface area contributed by atoms with Crippen molar-refractivity contribution in [2.45, 2.75) is 19.4 Å². The Morgan fingerprint density at radius 3 is 2.35 bits per heavy atom. The molecule has 0 aliphatic heterocycles. The quantitative estimate of drug-likeness (QED) is 0.635. The molecule has 0 aromatic heterocycles. The van der Waals surface area contributed by atoms with Crippen LogP contribution < -0.4 is 5.32 Å². The number of rotatable bonds is 9. The standard InChI is InChI=1S/C15H25FN2O2/c1-12-3-4-13(11-14(12)16)15(17-2)5-6-18(7-9-19)8-10-20/h3-4,11,15,17,19-20H,5-10H2,1-2H3. The molecule has 1 aromatic carbocycles. The van der Waals surface area contributed by atoms with Crippen molar-refractivity contribution in [1.29, 1.82) is 0 Å². The Labute approximate surface area is 120 Å². The number of aryl methyl sites for hydroxylation is 1. The highest BCUT2D eigenvalue weighted by Crippen LogP contribution is 2.19. The van der Waals surface area contributed by atoms with E-state index in [4.69, 9.17) is 10.2 Å². The van der Waals surface area contributed by atoms with E-state index in [-0.39, 0.29) is 25.1 Å². The van der Waals surface area contributed by atoms with Crippen LogP contribution in [0.15, 0.2) is 18.2 Å². The van der Waals surface area contributed by atoms with Crippen molar-refractivity contribution in [2.75, 3.05) is 39.9 Å². The average Bonchev–Trinajstić information content (AvgIpc) is 2.43. The van der Waals surface area contributed by atoms with Crippen molar-refractivity contribution in [3.63, 3.8) is 0 Å². The van der Waals surface area contributed by atoms with E-state index in [0.717, 1.165) is 18.5 Å². The summed E-state index contributed by atoms with van der Waals surface area (Å²) in [6.45, 7) is 3.71. The van der Waals surface area contributed by atoms with Crippen LogP contribution >= 0.6 is 0 Å². The van der Waals surface area contributed by atoms with Crippen LogP contribution in [0.4, 0.5) is 4.39 Å². The van der Waals surface area contributed by atoms with Gasteiger partial charge in [0.1, 0.15) is 5.82 Å². The van der Waals surface area contributed by atoms with Gasteiger partial charge in [0.05, 0.1) is 13.2 Å². The zero-order valence-corrected chi connectivity index (χ0v) is 12.3. The molecule has 5 heteroatoms.